The molecule has 9 heteroatoms. The van der Waals surface area contributed by atoms with Gasteiger partial charge in [0, 0.05) is 30.4 Å². The lowest BCUT2D eigenvalue weighted by Gasteiger charge is -2.25. The summed E-state index contributed by atoms with van der Waals surface area (Å²) in [5.74, 6) is -2.47. The van der Waals surface area contributed by atoms with Crippen LogP contribution in [0.3, 0.4) is 0 Å². The summed E-state index contributed by atoms with van der Waals surface area (Å²) in [6, 6.07) is 4.03. The number of benzene rings is 1. The SMILES string of the molecule is O=C(Nc1ccc2c(c1)N(C(=O)C1CC1)CC2)C1CCCN1C(=O)C(F)(F)F. The summed E-state index contributed by atoms with van der Waals surface area (Å²) in [6.45, 7) is 0.503. The van der Waals surface area contributed by atoms with Crippen molar-refractivity contribution in [2.45, 2.75) is 44.3 Å². The van der Waals surface area contributed by atoms with Crippen LogP contribution in [0.15, 0.2) is 18.2 Å². The molecule has 1 atom stereocenters. The van der Waals surface area contributed by atoms with Crippen molar-refractivity contribution in [3.8, 4) is 0 Å². The number of anilines is 2. The monoisotopic (exact) mass is 395 g/mol. The van der Waals surface area contributed by atoms with Gasteiger partial charge >= 0.3 is 12.1 Å². The molecular weight excluding hydrogens is 375 g/mol. The number of hydrogen-bond acceptors (Lipinski definition) is 3. The van der Waals surface area contributed by atoms with E-state index in [1.165, 1.54) is 0 Å². The van der Waals surface area contributed by atoms with Gasteiger partial charge in [-0.2, -0.15) is 13.2 Å². The number of nitrogens with zero attached hydrogens (tertiary/aromatic N) is 2. The highest BCUT2D eigenvalue weighted by Crippen LogP contribution is 2.37. The number of hydrogen-bond donors (Lipinski definition) is 1. The molecule has 1 aromatic carbocycles. The molecule has 1 saturated carbocycles. The van der Waals surface area contributed by atoms with E-state index in [2.05, 4.69) is 5.32 Å². The van der Waals surface area contributed by atoms with Gasteiger partial charge in [-0.3, -0.25) is 14.4 Å². The van der Waals surface area contributed by atoms with Crippen LogP contribution in [0.4, 0.5) is 24.5 Å². The largest absolute Gasteiger partial charge is 0.471 e. The summed E-state index contributed by atoms with van der Waals surface area (Å²) in [5, 5.41) is 2.62. The van der Waals surface area contributed by atoms with E-state index in [-0.39, 0.29) is 24.8 Å². The fraction of sp³-hybridized carbons (Fsp3) is 0.526. The molecule has 0 radical (unpaired) electrons. The lowest BCUT2D eigenvalue weighted by atomic mass is 10.1. The molecule has 6 nitrogen and oxygen atoms in total. The topological polar surface area (TPSA) is 69.7 Å². The molecule has 4 rings (SSSR count). The first kappa shape index (κ1) is 18.8. The number of amides is 3. The smallest absolute Gasteiger partial charge is 0.324 e. The highest BCUT2D eigenvalue weighted by molar-refractivity contribution is 6.01. The highest BCUT2D eigenvalue weighted by atomic mass is 19.4. The first-order valence-electron chi connectivity index (χ1n) is 9.38. The Balaban J connectivity index is 1.49. The zero-order valence-electron chi connectivity index (χ0n) is 15.1. The maximum absolute atomic E-state index is 12.7. The molecule has 0 aromatic heterocycles. The Bertz CT molecular complexity index is 835. The normalized spacial score (nSPS) is 21.6. The van der Waals surface area contributed by atoms with Crippen molar-refractivity contribution in [2.24, 2.45) is 5.92 Å². The number of halogens is 3. The molecule has 2 aliphatic heterocycles. The van der Waals surface area contributed by atoms with Crippen LogP contribution in [0, 0.1) is 5.92 Å². The predicted octanol–water partition coefficient (Wildman–Crippen LogP) is 2.48. The summed E-state index contributed by atoms with van der Waals surface area (Å²) in [7, 11) is 0. The molecule has 1 aromatic rings. The summed E-state index contributed by atoms with van der Waals surface area (Å²) < 4.78 is 38.2. The van der Waals surface area contributed by atoms with Gasteiger partial charge < -0.3 is 15.1 Å². The summed E-state index contributed by atoms with van der Waals surface area (Å²) in [6.07, 6.45) is -1.95. The second kappa shape index (κ2) is 6.79. The van der Waals surface area contributed by atoms with Crippen molar-refractivity contribution in [1.29, 1.82) is 0 Å². The molecule has 150 valence electrons. The molecule has 2 fully saturated rings. The van der Waals surface area contributed by atoms with Crippen LogP contribution in [0.5, 0.6) is 0 Å². The molecule has 1 aliphatic carbocycles. The Morgan fingerprint density at radius 1 is 1.07 bits per heavy atom. The molecule has 3 amide bonds. The van der Waals surface area contributed by atoms with Gasteiger partial charge in [-0.1, -0.05) is 6.07 Å². The maximum atomic E-state index is 12.7. The second-order valence-corrected chi connectivity index (χ2v) is 7.50. The van der Waals surface area contributed by atoms with Gasteiger partial charge in [0.15, 0.2) is 0 Å². The molecule has 1 saturated heterocycles. The van der Waals surface area contributed by atoms with E-state index in [1.54, 1.807) is 17.0 Å². The third-order valence-electron chi connectivity index (χ3n) is 5.50. The van der Waals surface area contributed by atoms with Crippen LogP contribution in [0.1, 0.15) is 31.2 Å². The zero-order chi connectivity index (χ0) is 20.1. The number of alkyl halides is 3. The van der Waals surface area contributed by atoms with Crippen molar-refractivity contribution >= 4 is 29.1 Å². The molecule has 1 unspecified atom stereocenters. The summed E-state index contributed by atoms with van der Waals surface area (Å²) >= 11 is 0. The van der Waals surface area contributed by atoms with Gasteiger partial charge in [0.05, 0.1) is 0 Å². The molecule has 0 spiro atoms. The molecule has 3 aliphatic rings. The predicted molar refractivity (Wildman–Crippen MR) is 94.6 cm³/mol. The van der Waals surface area contributed by atoms with E-state index in [1.807, 2.05) is 6.07 Å². The van der Waals surface area contributed by atoms with Gasteiger partial charge in [-0.05, 0) is 49.8 Å². The number of carbonyl (C=O) groups excluding carboxylic acids is 3. The van der Waals surface area contributed by atoms with Gasteiger partial charge in [0.1, 0.15) is 6.04 Å². The first-order valence-corrected chi connectivity index (χ1v) is 9.38. The Kier molecular flexibility index (Phi) is 4.55. The van der Waals surface area contributed by atoms with Crippen molar-refractivity contribution in [1.82, 2.24) is 4.90 Å². The van der Waals surface area contributed by atoms with E-state index < -0.39 is 24.0 Å². The summed E-state index contributed by atoms with van der Waals surface area (Å²) in [4.78, 5) is 38.8. The lowest BCUT2D eigenvalue weighted by molar-refractivity contribution is -0.186. The van der Waals surface area contributed by atoms with E-state index in [4.69, 9.17) is 0 Å². The molecule has 0 bridgehead atoms. The van der Waals surface area contributed by atoms with Crippen LogP contribution in [-0.4, -0.2) is 47.9 Å². The van der Waals surface area contributed by atoms with Crippen molar-refractivity contribution in [2.75, 3.05) is 23.3 Å². The third-order valence-corrected chi connectivity index (χ3v) is 5.50. The highest BCUT2D eigenvalue weighted by Gasteiger charge is 2.47. The van der Waals surface area contributed by atoms with Gasteiger partial charge in [-0.15, -0.1) is 0 Å². The second-order valence-electron chi connectivity index (χ2n) is 7.50. The van der Waals surface area contributed by atoms with Crippen LogP contribution in [0.2, 0.25) is 0 Å². The third kappa shape index (κ3) is 3.45. The van der Waals surface area contributed by atoms with Gasteiger partial charge in [0.2, 0.25) is 11.8 Å². The average molecular weight is 395 g/mol. The lowest BCUT2D eigenvalue weighted by Crippen LogP contribution is -2.48. The molecule has 28 heavy (non-hydrogen) atoms. The van der Waals surface area contributed by atoms with Crippen LogP contribution in [-0.2, 0) is 20.8 Å². The van der Waals surface area contributed by atoms with Gasteiger partial charge in [0.25, 0.3) is 0 Å². The fourth-order valence-electron chi connectivity index (χ4n) is 3.91. The molecule has 1 N–H and O–H groups in total. The zero-order valence-corrected chi connectivity index (χ0v) is 15.1. The average Bonchev–Trinajstić information content (AvgIpc) is 3.23. The van der Waals surface area contributed by atoms with Crippen LogP contribution in [0.25, 0.3) is 0 Å². The van der Waals surface area contributed by atoms with Crippen molar-refractivity contribution in [3.05, 3.63) is 23.8 Å². The summed E-state index contributed by atoms with van der Waals surface area (Å²) in [5.41, 5.74) is 2.15. The van der Waals surface area contributed by atoms with Gasteiger partial charge in [-0.25, -0.2) is 0 Å². The molecule has 2 heterocycles. The Hall–Kier alpha value is -2.58. The Morgan fingerprint density at radius 3 is 2.50 bits per heavy atom. The Morgan fingerprint density at radius 2 is 1.82 bits per heavy atom. The van der Waals surface area contributed by atoms with Crippen LogP contribution < -0.4 is 10.2 Å². The van der Waals surface area contributed by atoms with E-state index in [9.17, 15) is 27.6 Å². The van der Waals surface area contributed by atoms with E-state index in [0.717, 1.165) is 30.5 Å². The number of likely N-dealkylation sites (tertiary alicyclic amines) is 1. The minimum atomic E-state index is -5.00. The molecular formula is C19H20F3N3O3. The minimum Gasteiger partial charge on any atom is -0.324 e. The standard InChI is InChI=1S/C19H20F3N3O3/c20-19(21,22)18(28)25-8-1-2-14(25)16(26)23-13-6-5-11-7-9-24(15(11)10-13)17(27)12-3-4-12/h5-6,10,12,14H,1-4,7-9H2,(H,23,26). The Labute approximate surface area is 159 Å². The number of rotatable bonds is 3. The minimum absolute atomic E-state index is 0.0737. The number of fused-ring (bicyclic) bond motifs is 1. The number of carbonyl (C=O) groups is 3. The van der Waals surface area contributed by atoms with Crippen LogP contribution >= 0.6 is 0 Å². The van der Waals surface area contributed by atoms with Crippen molar-refractivity contribution < 1.29 is 27.6 Å². The van der Waals surface area contributed by atoms with E-state index >= 15 is 0 Å². The van der Waals surface area contributed by atoms with E-state index in [0.29, 0.717) is 23.6 Å². The number of nitrogens with one attached hydrogen (secondary N) is 1. The quantitative estimate of drug-likeness (QED) is 0.855. The maximum Gasteiger partial charge on any atom is 0.471 e. The first-order chi connectivity index (χ1) is 13.3. The van der Waals surface area contributed by atoms with Crippen molar-refractivity contribution in [3.63, 3.8) is 0 Å². The fourth-order valence-corrected chi connectivity index (χ4v) is 3.91.